The van der Waals surface area contributed by atoms with Crippen LogP contribution >= 0.6 is 0 Å². The molecule has 3 rings (SSSR count). The molecule has 3 aromatic rings. The zero-order valence-electron chi connectivity index (χ0n) is 16.3. The zero-order valence-corrected chi connectivity index (χ0v) is 16.3. The Morgan fingerprint density at radius 3 is 2.34 bits per heavy atom. The van der Waals surface area contributed by atoms with Crippen molar-refractivity contribution in [2.24, 2.45) is 0 Å². The molecule has 0 radical (unpaired) electrons. The van der Waals surface area contributed by atoms with Gasteiger partial charge in [-0.2, -0.15) is 0 Å². The minimum absolute atomic E-state index is 0.185. The number of esters is 1. The Labute approximate surface area is 170 Å². The zero-order chi connectivity index (χ0) is 20.5. The molecule has 0 unspecified atom stereocenters. The van der Waals surface area contributed by atoms with E-state index in [2.05, 4.69) is 4.98 Å². The average Bonchev–Trinajstić information content (AvgIpc) is 2.76. The molecule has 5 heteroatoms. The molecule has 0 saturated carbocycles. The maximum atomic E-state index is 12.3. The minimum atomic E-state index is -0.376. The van der Waals surface area contributed by atoms with Crippen molar-refractivity contribution in [1.82, 2.24) is 4.98 Å². The number of aryl methyl sites for hydroxylation is 1. The lowest BCUT2D eigenvalue weighted by molar-refractivity contribution is -0.116. The van der Waals surface area contributed by atoms with Crippen molar-refractivity contribution in [2.75, 3.05) is 0 Å². The summed E-state index contributed by atoms with van der Waals surface area (Å²) in [5.74, 6) is 0.547. The largest absolute Gasteiger partial charge is 0.489 e. The number of ether oxygens (including phenoxy) is 2. The van der Waals surface area contributed by atoms with Crippen molar-refractivity contribution in [1.29, 1.82) is 0 Å². The van der Waals surface area contributed by atoms with Gasteiger partial charge in [-0.3, -0.25) is 4.98 Å². The highest BCUT2D eigenvalue weighted by molar-refractivity contribution is 5.89. The van der Waals surface area contributed by atoms with Gasteiger partial charge in [0.25, 0.3) is 0 Å². The van der Waals surface area contributed by atoms with E-state index in [1.165, 1.54) is 0 Å². The van der Waals surface area contributed by atoms with Gasteiger partial charge in [-0.15, -0.1) is 0 Å². The third-order valence-electron chi connectivity index (χ3n) is 4.38. The summed E-state index contributed by atoms with van der Waals surface area (Å²) in [6.07, 6.45) is 4.61. The van der Waals surface area contributed by atoms with E-state index < -0.39 is 0 Å². The molecule has 0 aliphatic rings. The first-order valence-electron chi connectivity index (χ1n) is 9.46. The van der Waals surface area contributed by atoms with E-state index in [0.717, 1.165) is 28.9 Å². The van der Waals surface area contributed by atoms with Crippen LogP contribution in [0.15, 0.2) is 73.1 Å². The van der Waals surface area contributed by atoms with Crippen LogP contribution in [0, 0.1) is 0 Å². The van der Waals surface area contributed by atoms with Gasteiger partial charge in [-0.05, 0) is 66.4 Å². The van der Waals surface area contributed by atoms with Crippen molar-refractivity contribution >= 4 is 11.8 Å². The highest BCUT2D eigenvalue weighted by Gasteiger charge is 2.09. The van der Waals surface area contributed by atoms with E-state index in [1.807, 2.05) is 48.5 Å². The first-order valence-corrected chi connectivity index (χ1v) is 9.46. The summed E-state index contributed by atoms with van der Waals surface area (Å²) in [5.41, 5.74) is 3.36. The predicted octanol–water partition coefficient (Wildman–Crippen LogP) is 4.54. The van der Waals surface area contributed by atoms with Crippen LogP contribution in [0.4, 0.5) is 0 Å². The second-order valence-electron chi connectivity index (χ2n) is 6.77. The molecule has 29 heavy (non-hydrogen) atoms. The Balaban J connectivity index is 1.52. The van der Waals surface area contributed by atoms with Crippen LogP contribution in [0.1, 0.15) is 40.4 Å². The molecule has 5 nitrogen and oxygen atoms in total. The van der Waals surface area contributed by atoms with Crippen molar-refractivity contribution in [3.63, 3.8) is 0 Å². The summed E-state index contributed by atoms with van der Waals surface area (Å²) in [6.45, 7) is 2.15. The minimum Gasteiger partial charge on any atom is -0.489 e. The van der Waals surface area contributed by atoms with Crippen molar-refractivity contribution in [2.45, 2.75) is 33.0 Å². The molecule has 2 aromatic carbocycles. The summed E-state index contributed by atoms with van der Waals surface area (Å²) in [5, 5.41) is 0. The van der Waals surface area contributed by atoms with Gasteiger partial charge in [0.05, 0.1) is 5.56 Å². The number of hydrogen-bond donors (Lipinski definition) is 0. The summed E-state index contributed by atoms with van der Waals surface area (Å²) in [4.78, 5) is 27.3. The number of nitrogens with zero attached hydrogens (tertiary/aromatic N) is 1. The molecular formula is C24H23NO4. The van der Waals surface area contributed by atoms with Gasteiger partial charge in [-0.25, -0.2) is 4.79 Å². The van der Waals surface area contributed by atoms with Gasteiger partial charge in [0, 0.05) is 18.8 Å². The standard InChI is InChI=1S/C24H23NO4/c1-18(26)5-6-19-7-9-23(10-8-19)28-17-21-3-2-4-22(15-21)24(27)29-16-20-11-13-25-14-12-20/h2-4,7-15H,5-6,16-17H2,1H3. The smallest absolute Gasteiger partial charge is 0.338 e. The van der Waals surface area contributed by atoms with E-state index in [1.54, 1.807) is 31.5 Å². The molecule has 0 amide bonds. The summed E-state index contributed by atoms with van der Waals surface area (Å²) in [6, 6.07) is 18.5. The normalized spacial score (nSPS) is 10.4. The highest BCUT2D eigenvalue weighted by atomic mass is 16.5. The van der Waals surface area contributed by atoms with Gasteiger partial charge in [0.1, 0.15) is 24.7 Å². The van der Waals surface area contributed by atoms with Gasteiger partial charge < -0.3 is 14.3 Å². The summed E-state index contributed by atoms with van der Waals surface area (Å²) in [7, 11) is 0. The van der Waals surface area contributed by atoms with Crippen LogP contribution in [0.25, 0.3) is 0 Å². The number of carbonyl (C=O) groups is 2. The van der Waals surface area contributed by atoms with Crippen LogP contribution < -0.4 is 4.74 Å². The highest BCUT2D eigenvalue weighted by Crippen LogP contribution is 2.16. The molecule has 148 valence electrons. The van der Waals surface area contributed by atoms with E-state index in [-0.39, 0.29) is 18.4 Å². The average molecular weight is 389 g/mol. The number of hydrogen-bond acceptors (Lipinski definition) is 5. The Morgan fingerprint density at radius 2 is 1.62 bits per heavy atom. The molecule has 0 bridgehead atoms. The van der Waals surface area contributed by atoms with Gasteiger partial charge >= 0.3 is 5.97 Å². The molecule has 0 spiro atoms. The summed E-state index contributed by atoms with van der Waals surface area (Å²) < 4.78 is 11.2. The van der Waals surface area contributed by atoms with Gasteiger partial charge in [0.2, 0.25) is 0 Å². The molecule has 0 saturated heterocycles. The molecule has 0 aliphatic heterocycles. The van der Waals surface area contributed by atoms with Crippen LogP contribution in [0.2, 0.25) is 0 Å². The molecule has 0 aliphatic carbocycles. The number of Topliss-reactive ketones (excluding diaryl/α,β-unsaturated/α-hetero) is 1. The molecular weight excluding hydrogens is 366 g/mol. The van der Waals surface area contributed by atoms with Crippen molar-refractivity contribution in [3.8, 4) is 5.75 Å². The van der Waals surface area contributed by atoms with Crippen LogP contribution in [-0.4, -0.2) is 16.7 Å². The van der Waals surface area contributed by atoms with E-state index in [9.17, 15) is 9.59 Å². The molecule has 1 aromatic heterocycles. The van der Waals surface area contributed by atoms with Crippen LogP contribution in [0.5, 0.6) is 5.75 Å². The molecule has 0 fully saturated rings. The van der Waals surface area contributed by atoms with E-state index >= 15 is 0 Å². The second-order valence-corrected chi connectivity index (χ2v) is 6.77. The first kappa shape index (κ1) is 20.3. The first-order chi connectivity index (χ1) is 14.1. The predicted molar refractivity (Wildman–Crippen MR) is 110 cm³/mol. The van der Waals surface area contributed by atoms with Crippen molar-refractivity contribution < 1.29 is 19.1 Å². The number of carbonyl (C=O) groups excluding carboxylic acids is 2. The Kier molecular flexibility index (Phi) is 7.11. The van der Waals surface area contributed by atoms with Crippen LogP contribution in [0.3, 0.4) is 0 Å². The monoisotopic (exact) mass is 389 g/mol. The fourth-order valence-corrected chi connectivity index (χ4v) is 2.74. The molecule has 0 atom stereocenters. The fourth-order valence-electron chi connectivity index (χ4n) is 2.74. The lowest BCUT2D eigenvalue weighted by Gasteiger charge is -2.09. The van der Waals surface area contributed by atoms with E-state index in [4.69, 9.17) is 9.47 Å². The number of benzene rings is 2. The molecule has 1 heterocycles. The number of ketones is 1. The number of aromatic nitrogens is 1. The third kappa shape index (κ3) is 6.57. The Hall–Kier alpha value is -3.47. The molecule has 0 N–H and O–H groups in total. The third-order valence-corrected chi connectivity index (χ3v) is 4.38. The van der Waals surface area contributed by atoms with Gasteiger partial charge in [-0.1, -0.05) is 24.3 Å². The number of rotatable bonds is 9. The quantitative estimate of drug-likeness (QED) is 0.503. The SMILES string of the molecule is CC(=O)CCc1ccc(OCc2cccc(C(=O)OCc3ccncc3)c2)cc1. The second kappa shape index (κ2) is 10.2. The fraction of sp³-hybridized carbons (Fsp3) is 0.208. The number of pyridine rings is 1. The van der Waals surface area contributed by atoms with Gasteiger partial charge in [0.15, 0.2) is 0 Å². The lowest BCUT2D eigenvalue weighted by atomic mass is 10.1. The Bertz CT molecular complexity index is 952. The maximum absolute atomic E-state index is 12.3. The van der Waals surface area contributed by atoms with E-state index in [0.29, 0.717) is 18.6 Å². The topological polar surface area (TPSA) is 65.5 Å². The van der Waals surface area contributed by atoms with Crippen LogP contribution in [-0.2, 0) is 29.2 Å². The Morgan fingerprint density at radius 1 is 0.862 bits per heavy atom. The van der Waals surface area contributed by atoms with Crippen molar-refractivity contribution in [3.05, 3.63) is 95.3 Å². The summed E-state index contributed by atoms with van der Waals surface area (Å²) >= 11 is 0. The maximum Gasteiger partial charge on any atom is 0.338 e. The lowest BCUT2D eigenvalue weighted by Crippen LogP contribution is -2.06.